The van der Waals surface area contributed by atoms with E-state index in [2.05, 4.69) is 57.4 Å². The standard InChI is InChI=1S/C24H28N4O/c29-24(11-13-26(14-12-24)16-20-7-3-1-4-8-20)19-27-17-21-15-25-28(23(21)18-27)22-9-5-2-6-10-22/h1-10,15,29H,11-14,16-19H2. The minimum atomic E-state index is -0.596. The van der Waals surface area contributed by atoms with Gasteiger partial charge in [-0.3, -0.25) is 9.80 Å². The third-order valence-electron chi connectivity index (χ3n) is 6.28. The first-order valence-electron chi connectivity index (χ1n) is 10.5. The van der Waals surface area contributed by atoms with E-state index < -0.39 is 5.60 Å². The predicted molar refractivity (Wildman–Crippen MR) is 114 cm³/mol. The Labute approximate surface area is 172 Å². The maximum Gasteiger partial charge on any atom is 0.0798 e. The number of benzene rings is 2. The van der Waals surface area contributed by atoms with Crippen molar-refractivity contribution in [1.82, 2.24) is 19.6 Å². The van der Waals surface area contributed by atoms with Crippen LogP contribution < -0.4 is 0 Å². The molecule has 1 N–H and O–H groups in total. The highest BCUT2D eigenvalue weighted by Crippen LogP contribution is 2.30. The van der Waals surface area contributed by atoms with Gasteiger partial charge >= 0.3 is 0 Å². The van der Waals surface area contributed by atoms with Crippen LogP contribution in [0.5, 0.6) is 0 Å². The number of hydrogen-bond acceptors (Lipinski definition) is 4. The fourth-order valence-corrected chi connectivity index (χ4v) is 4.66. The lowest BCUT2D eigenvalue weighted by Gasteiger charge is -2.40. The predicted octanol–water partition coefficient (Wildman–Crippen LogP) is 3.22. The third-order valence-corrected chi connectivity index (χ3v) is 6.28. The van der Waals surface area contributed by atoms with Crippen LogP contribution in [0, 0.1) is 0 Å². The number of aromatic nitrogens is 2. The van der Waals surface area contributed by atoms with Crippen molar-refractivity contribution in [2.45, 2.75) is 38.1 Å². The summed E-state index contributed by atoms with van der Waals surface area (Å²) < 4.78 is 2.04. The van der Waals surface area contributed by atoms with Crippen LogP contribution >= 0.6 is 0 Å². The number of para-hydroxylation sites is 1. The van der Waals surface area contributed by atoms with E-state index in [9.17, 15) is 5.11 Å². The lowest BCUT2D eigenvalue weighted by molar-refractivity contribution is -0.0480. The van der Waals surface area contributed by atoms with Crippen molar-refractivity contribution in [1.29, 1.82) is 0 Å². The van der Waals surface area contributed by atoms with Crippen LogP contribution in [0.1, 0.15) is 29.7 Å². The highest BCUT2D eigenvalue weighted by molar-refractivity contribution is 5.36. The molecule has 5 heteroatoms. The molecular weight excluding hydrogens is 360 g/mol. The summed E-state index contributed by atoms with van der Waals surface area (Å²) in [5.41, 5.74) is 4.38. The first-order valence-corrected chi connectivity index (χ1v) is 10.5. The number of rotatable bonds is 5. The quantitative estimate of drug-likeness (QED) is 0.729. The van der Waals surface area contributed by atoms with E-state index in [1.807, 2.05) is 29.1 Å². The molecule has 0 radical (unpaired) electrons. The number of nitrogens with zero attached hydrogens (tertiary/aromatic N) is 4. The van der Waals surface area contributed by atoms with E-state index in [1.54, 1.807) is 0 Å². The molecule has 2 aromatic carbocycles. The van der Waals surface area contributed by atoms with Crippen molar-refractivity contribution < 1.29 is 5.11 Å². The second-order valence-electron chi connectivity index (χ2n) is 8.50. The van der Waals surface area contributed by atoms with E-state index in [-0.39, 0.29) is 0 Å². The summed E-state index contributed by atoms with van der Waals surface area (Å²) in [4.78, 5) is 4.83. The van der Waals surface area contributed by atoms with Gasteiger partial charge in [0.05, 0.1) is 23.2 Å². The lowest BCUT2D eigenvalue weighted by Crippen LogP contribution is -2.49. The summed E-state index contributed by atoms with van der Waals surface area (Å²) in [6.45, 7) is 5.32. The molecule has 0 amide bonds. The Balaban J connectivity index is 1.19. The molecule has 5 rings (SSSR count). The molecule has 0 bridgehead atoms. The van der Waals surface area contributed by atoms with Gasteiger partial charge in [0.15, 0.2) is 0 Å². The highest BCUT2D eigenvalue weighted by Gasteiger charge is 2.36. The average molecular weight is 389 g/mol. The van der Waals surface area contributed by atoms with Gasteiger partial charge in [0.2, 0.25) is 0 Å². The van der Waals surface area contributed by atoms with Gasteiger partial charge in [0, 0.05) is 44.8 Å². The first kappa shape index (κ1) is 18.6. The Bertz CT molecular complexity index is 946. The Morgan fingerprint density at radius 1 is 0.862 bits per heavy atom. The molecule has 1 aromatic heterocycles. The van der Waals surface area contributed by atoms with Crippen molar-refractivity contribution in [2.24, 2.45) is 0 Å². The summed E-state index contributed by atoms with van der Waals surface area (Å²) in [6.07, 6.45) is 3.64. The molecule has 0 spiro atoms. The van der Waals surface area contributed by atoms with Crippen molar-refractivity contribution in [3.05, 3.63) is 83.7 Å². The average Bonchev–Trinajstić information content (AvgIpc) is 3.31. The molecule has 5 nitrogen and oxygen atoms in total. The van der Waals surface area contributed by atoms with Crippen molar-refractivity contribution in [3.8, 4) is 5.69 Å². The number of fused-ring (bicyclic) bond motifs is 1. The summed E-state index contributed by atoms with van der Waals surface area (Å²) >= 11 is 0. The fraction of sp³-hybridized carbons (Fsp3) is 0.375. The Kier molecular flexibility index (Phi) is 4.96. The number of piperidine rings is 1. The molecule has 29 heavy (non-hydrogen) atoms. The van der Waals surface area contributed by atoms with E-state index in [1.165, 1.54) is 16.8 Å². The van der Waals surface area contributed by atoms with E-state index in [0.29, 0.717) is 0 Å². The number of likely N-dealkylation sites (tertiary alicyclic amines) is 1. The molecule has 3 aromatic rings. The normalized spacial score (nSPS) is 19.3. The molecular formula is C24H28N4O. The molecule has 0 unspecified atom stereocenters. The van der Waals surface area contributed by atoms with Gasteiger partial charge in [-0.2, -0.15) is 5.10 Å². The highest BCUT2D eigenvalue weighted by atomic mass is 16.3. The summed E-state index contributed by atoms with van der Waals surface area (Å²) in [6, 6.07) is 20.9. The zero-order chi connectivity index (χ0) is 19.7. The molecule has 1 saturated heterocycles. The SMILES string of the molecule is OC1(CN2Cc3cnn(-c4ccccc4)c3C2)CCN(Cc2ccccc2)CC1. The number of aliphatic hydroxyl groups is 1. The Morgan fingerprint density at radius 2 is 1.55 bits per heavy atom. The minimum absolute atomic E-state index is 0.596. The van der Waals surface area contributed by atoms with Gasteiger partial charge in [0.25, 0.3) is 0 Å². The first-order chi connectivity index (χ1) is 14.2. The summed E-state index contributed by atoms with van der Waals surface area (Å²) in [5, 5.41) is 15.8. The maximum absolute atomic E-state index is 11.2. The summed E-state index contributed by atoms with van der Waals surface area (Å²) in [5.74, 6) is 0. The van der Waals surface area contributed by atoms with Gasteiger partial charge in [-0.15, -0.1) is 0 Å². The molecule has 3 heterocycles. The van der Waals surface area contributed by atoms with Crippen LogP contribution in [-0.2, 0) is 19.6 Å². The second-order valence-corrected chi connectivity index (χ2v) is 8.50. The lowest BCUT2D eigenvalue weighted by atomic mass is 9.90. The van der Waals surface area contributed by atoms with Crippen LogP contribution in [0.15, 0.2) is 66.9 Å². The van der Waals surface area contributed by atoms with Crippen LogP contribution in [0.25, 0.3) is 5.69 Å². The van der Waals surface area contributed by atoms with Gasteiger partial charge in [-0.1, -0.05) is 48.5 Å². The molecule has 0 aliphatic carbocycles. The maximum atomic E-state index is 11.2. The molecule has 1 fully saturated rings. The Morgan fingerprint density at radius 3 is 2.28 bits per heavy atom. The van der Waals surface area contributed by atoms with E-state index in [4.69, 9.17) is 0 Å². The third kappa shape index (κ3) is 3.99. The van der Waals surface area contributed by atoms with Crippen molar-refractivity contribution >= 4 is 0 Å². The van der Waals surface area contributed by atoms with Crippen LogP contribution in [0.4, 0.5) is 0 Å². The molecule has 150 valence electrons. The molecule has 0 saturated carbocycles. The van der Waals surface area contributed by atoms with E-state index in [0.717, 1.165) is 57.8 Å². The van der Waals surface area contributed by atoms with Crippen LogP contribution in [-0.4, -0.2) is 49.9 Å². The molecule has 2 aliphatic rings. The van der Waals surface area contributed by atoms with Crippen molar-refractivity contribution in [3.63, 3.8) is 0 Å². The smallest absolute Gasteiger partial charge is 0.0798 e. The zero-order valence-corrected chi connectivity index (χ0v) is 16.7. The minimum Gasteiger partial charge on any atom is -0.388 e. The zero-order valence-electron chi connectivity index (χ0n) is 16.7. The van der Waals surface area contributed by atoms with E-state index >= 15 is 0 Å². The summed E-state index contributed by atoms with van der Waals surface area (Å²) in [7, 11) is 0. The molecule has 0 atom stereocenters. The molecule has 2 aliphatic heterocycles. The largest absolute Gasteiger partial charge is 0.388 e. The number of hydrogen-bond donors (Lipinski definition) is 1. The monoisotopic (exact) mass is 388 g/mol. The van der Waals surface area contributed by atoms with Gasteiger partial charge < -0.3 is 5.11 Å². The van der Waals surface area contributed by atoms with Gasteiger partial charge in [-0.25, -0.2) is 4.68 Å². The fourth-order valence-electron chi connectivity index (χ4n) is 4.66. The second kappa shape index (κ2) is 7.75. The van der Waals surface area contributed by atoms with Crippen LogP contribution in [0.3, 0.4) is 0 Å². The van der Waals surface area contributed by atoms with Gasteiger partial charge in [-0.05, 0) is 30.5 Å². The Hall–Kier alpha value is -2.47. The van der Waals surface area contributed by atoms with Crippen LogP contribution in [0.2, 0.25) is 0 Å². The van der Waals surface area contributed by atoms with Gasteiger partial charge in [0.1, 0.15) is 0 Å². The topological polar surface area (TPSA) is 44.5 Å². The van der Waals surface area contributed by atoms with Crippen molar-refractivity contribution in [2.75, 3.05) is 19.6 Å². The number of β-amino-alcohol motifs (C(OH)–C–C–N with tert-alkyl or cyclic N) is 1.